The minimum Gasteiger partial charge on any atom is -0.490 e. The molecule has 4 rings (SSSR count). The summed E-state index contributed by atoms with van der Waals surface area (Å²) in [4.78, 5) is 4.53. The topological polar surface area (TPSA) is 144 Å². The Hall–Kier alpha value is -3.68. The molecule has 0 saturated heterocycles. The zero-order valence-corrected chi connectivity index (χ0v) is 18.3. The minimum atomic E-state index is -3.82. The summed E-state index contributed by atoms with van der Waals surface area (Å²) in [5.74, 6) is 1.20. The van der Waals surface area contributed by atoms with Crippen molar-refractivity contribution in [1.29, 1.82) is 5.26 Å². The maximum atomic E-state index is 11.2. The largest absolute Gasteiger partial charge is 0.490 e. The molecule has 0 saturated carbocycles. The van der Waals surface area contributed by atoms with Crippen LogP contribution in [0.4, 0.5) is 0 Å². The van der Waals surface area contributed by atoms with Crippen LogP contribution in [0.25, 0.3) is 28.4 Å². The number of nitrogens with two attached hydrogens (primary N) is 1. The van der Waals surface area contributed by atoms with Crippen molar-refractivity contribution < 1.29 is 17.7 Å². The molecule has 0 atom stereocenters. The van der Waals surface area contributed by atoms with Crippen LogP contribution in [0.2, 0.25) is 0 Å². The van der Waals surface area contributed by atoms with Crippen LogP contribution in [-0.2, 0) is 16.6 Å². The highest BCUT2D eigenvalue weighted by Gasteiger charge is 2.23. The molecule has 0 unspecified atom stereocenters. The van der Waals surface area contributed by atoms with E-state index in [-0.39, 0.29) is 12.0 Å². The van der Waals surface area contributed by atoms with E-state index in [1.807, 2.05) is 32.0 Å². The van der Waals surface area contributed by atoms with Gasteiger partial charge in [0.05, 0.1) is 11.7 Å². The fourth-order valence-corrected chi connectivity index (χ4v) is 3.93. The van der Waals surface area contributed by atoms with Crippen LogP contribution >= 0.6 is 0 Å². The van der Waals surface area contributed by atoms with E-state index in [2.05, 4.69) is 20.9 Å². The fraction of sp³-hybridized carbons (Fsp3) is 0.227. The highest BCUT2D eigenvalue weighted by Crippen LogP contribution is 2.38. The molecule has 32 heavy (non-hydrogen) atoms. The van der Waals surface area contributed by atoms with E-state index in [0.717, 1.165) is 22.3 Å². The Morgan fingerprint density at radius 2 is 2.03 bits per heavy atom. The first-order chi connectivity index (χ1) is 15.2. The van der Waals surface area contributed by atoms with Crippen molar-refractivity contribution in [2.24, 2.45) is 5.14 Å². The number of nitrogens with zero attached hydrogens (tertiary/aromatic N) is 3. The Morgan fingerprint density at radius 1 is 1.25 bits per heavy atom. The third kappa shape index (κ3) is 4.49. The molecule has 1 aliphatic carbocycles. The third-order valence-corrected chi connectivity index (χ3v) is 5.39. The Bertz CT molecular complexity index is 1350. The van der Waals surface area contributed by atoms with Gasteiger partial charge in [-0.15, -0.1) is 0 Å². The normalized spacial score (nSPS) is 14.4. The molecule has 0 aliphatic heterocycles. The Morgan fingerprint density at radius 3 is 2.75 bits per heavy atom. The van der Waals surface area contributed by atoms with Crippen molar-refractivity contribution in [2.45, 2.75) is 32.8 Å². The van der Waals surface area contributed by atoms with Gasteiger partial charge < -0.3 is 9.26 Å². The fourth-order valence-electron chi connectivity index (χ4n) is 3.62. The van der Waals surface area contributed by atoms with Gasteiger partial charge in [0.15, 0.2) is 0 Å². The number of nitriles is 1. The summed E-state index contributed by atoms with van der Waals surface area (Å²) in [5.41, 5.74) is 4.54. The van der Waals surface area contributed by atoms with Gasteiger partial charge in [-0.25, -0.2) is 5.14 Å². The highest BCUT2D eigenvalue weighted by molar-refractivity contribution is 7.87. The molecule has 0 spiro atoms. The number of nitrogens with one attached hydrogen (secondary N) is 1. The Kier molecular flexibility index (Phi) is 5.69. The van der Waals surface area contributed by atoms with Gasteiger partial charge in [0.25, 0.3) is 16.1 Å². The van der Waals surface area contributed by atoms with Gasteiger partial charge >= 0.3 is 0 Å². The Balaban J connectivity index is 1.66. The molecule has 10 heteroatoms. The molecule has 1 aromatic heterocycles. The Labute approximate surface area is 185 Å². The van der Waals surface area contributed by atoms with Gasteiger partial charge in [0.2, 0.25) is 5.82 Å². The number of allylic oxidation sites excluding steroid dienone is 1. The molecule has 0 radical (unpaired) electrons. The summed E-state index contributed by atoms with van der Waals surface area (Å²) in [7, 11) is -3.82. The van der Waals surface area contributed by atoms with Crippen LogP contribution in [0.1, 0.15) is 37.0 Å². The summed E-state index contributed by atoms with van der Waals surface area (Å²) in [6.07, 6.45) is 2.72. The first-order valence-electron chi connectivity index (χ1n) is 9.92. The van der Waals surface area contributed by atoms with Crippen molar-refractivity contribution in [2.75, 3.05) is 0 Å². The van der Waals surface area contributed by atoms with Crippen molar-refractivity contribution in [1.82, 2.24) is 14.9 Å². The second-order valence-electron chi connectivity index (χ2n) is 7.58. The summed E-state index contributed by atoms with van der Waals surface area (Å²) in [6.45, 7) is 3.78. The summed E-state index contributed by atoms with van der Waals surface area (Å²) in [5, 5.41) is 18.6. The van der Waals surface area contributed by atoms with E-state index in [1.165, 1.54) is 6.20 Å². The second-order valence-corrected chi connectivity index (χ2v) is 8.90. The average molecular weight is 452 g/mol. The molecule has 1 aliphatic rings. The monoisotopic (exact) mass is 451 g/mol. The smallest absolute Gasteiger partial charge is 0.296 e. The first kappa shape index (κ1) is 21.5. The van der Waals surface area contributed by atoms with Gasteiger partial charge in [-0.1, -0.05) is 23.4 Å². The lowest BCUT2D eigenvalue weighted by Crippen LogP contribution is -2.26. The molecule has 3 aromatic rings. The average Bonchev–Trinajstić information content (AvgIpc) is 3.39. The number of aromatic nitrogens is 2. The number of hydrogen-bond acceptors (Lipinski definition) is 7. The van der Waals surface area contributed by atoms with Gasteiger partial charge in [-0.3, -0.25) is 4.72 Å². The molecule has 164 valence electrons. The van der Waals surface area contributed by atoms with Crippen molar-refractivity contribution in [3.63, 3.8) is 0 Å². The van der Waals surface area contributed by atoms with Gasteiger partial charge in [-0.2, -0.15) is 18.7 Å². The van der Waals surface area contributed by atoms with Crippen LogP contribution in [-0.4, -0.2) is 24.7 Å². The van der Waals surface area contributed by atoms with Crippen LogP contribution in [0.5, 0.6) is 5.75 Å². The number of benzene rings is 2. The standard InChI is InChI=1S/C22H21N5O4S/c1-13(2)30-20-9-7-14(10-16(20)11-23)22-26-21(27-31-22)19-5-3-4-17-15(6-8-18(17)19)12-25-32(24,28)29/h3-5,7,9-10,12-13,25H,6,8H2,1-2H3,(H2,24,28,29)/b15-12+. The zero-order chi connectivity index (χ0) is 22.9. The van der Waals surface area contributed by atoms with Crippen LogP contribution in [0, 0.1) is 11.3 Å². The molecule has 0 bridgehead atoms. The number of hydrogen-bond donors (Lipinski definition) is 2. The molecule has 0 fully saturated rings. The van der Waals surface area contributed by atoms with Gasteiger partial charge in [-0.05, 0) is 61.6 Å². The van der Waals surface area contributed by atoms with E-state index >= 15 is 0 Å². The van der Waals surface area contributed by atoms with E-state index in [9.17, 15) is 13.7 Å². The van der Waals surface area contributed by atoms with E-state index in [1.54, 1.807) is 18.2 Å². The first-order valence-corrected chi connectivity index (χ1v) is 11.5. The molecule has 2 aromatic carbocycles. The maximum Gasteiger partial charge on any atom is 0.296 e. The molecule has 3 N–H and O–H groups in total. The molecular formula is C22H21N5O4S. The molecule has 9 nitrogen and oxygen atoms in total. The van der Waals surface area contributed by atoms with Crippen molar-refractivity contribution in [3.05, 3.63) is 59.3 Å². The lowest BCUT2D eigenvalue weighted by molar-refractivity contribution is 0.241. The van der Waals surface area contributed by atoms with Crippen LogP contribution < -0.4 is 14.6 Å². The van der Waals surface area contributed by atoms with E-state index in [4.69, 9.17) is 14.4 Å². The number of rotatable bonds is 6. The molecule has 1 heterocycles. The third-order valence-electron chi connectivity index (χ3n) is 4.94. The quantitative estimate of drug-likeness (QED) is 0.586. The second kappa shape index (κ2) is 8.45. The van der Waals surface area contributed by atoms with E-state index in [0.29, 0.717) is 35.5 Å². The summed E-state index contributed by atoms with van der Waals surface area (Å²) >= 11 is 0. The number of fused-ring (bicyclic) bond motifs is 1. The predicted octanol–water partition coefficient (Wildman–Crippen LogP) is 3.14. The van der Waals surface area contributed by atoms with Gasteiger partial charge in [0.1, 0.15) is 11.8 Å². The SMILES string of the molecule is CC(C)Oc1ccc(-c2nc(-c3cccc4c3CC/C4=C\NS(N)(=O)=O)no2)cc1C#N. The predicted molar refractivity (Wildman–Crippen MR) is 118 cm³/mol. The lowest BCUT2D eigenvalue weighted by atomic mass is 10.0. The van der Waals surface area contributed by atoms with Crippen LogP contribution in [0.3, 0.4) is 0 Å². The zero-order valence-electron chi connectivity index (χ0n) is 17.5. The number of ether oxygens (including phenoxy) is 1. The van der Waals surface area contributed by atoms with Crippen LogP contribution in [0.15, 0.2) is 47.1 Å². The summed E-state index contributed by atoms with van der Waals surface area (Å²) < 4.78 is 35.8. The lowest BCUT2D eigenvalue weighted by Gasteiger charge is -2.11. The van der Waals surface area contributed by atoms with Crippen molar-refractivity contribution >= 4 is 15.8 Å². The summed E-state index contributed by atoms with van der Waals surface area (Å²) in [6, 6.07) is 12.9. The minimum absolute atomic E-state index is 0.0535. The molecule has 0 amide bonds. The maximum absolute atomic E-state index is 11.2. The van der Waals surface area contributed by atoms with Gasteiger partial charge in [0, 0.05) is 17.3 Å². The highest BCUT2D eigenvalue weighted by atomic mass is 32.2. The van der Waals surface area contributed by atoms with E-state index < -0.39 is 10.2 Å². The van der Waals surface area contributed by atoms with Crippen molar-refractivity contribution in [3.8, 4) is 34.7 Å². The molecular weight excluding hydrogens is 430 g/mol.